The number of benzene rings is 2. The predicted octanol–water partition coefficient (Wildman–Crippen LogP) is 2.90. The average molecular weight is 340 g/mol. The molecule has 2 aromatic rings. The van der Waals surface area contributed by atoms with Gasteiger partial charge in [-0.25, -0.2) is 0 Å². The van der Waals surface area contributed by atoms with E-state index < -0.39 is 0 Å². The first kappa shape index (κ1) is 17.5. The summed E-state index contributed by atoms with van der Waals surface area (Å²) < 4.78 is 10.5. The molecule has 4 heteroatoms. The molecule has 4 nitrogen and oxygen atoms in total. The minimum atomic E-state index is -0.0158. The van der Waals surface area contributed by atoms with Crippen molar-refractivity contribution in [1.29, 1.82) is 0 Å². The maximum absolute atomic E-state index is 12.9. The van der Waals surface area contributed by atoms with Gasteiger partial charge in [0, 0.05) is 11.1 Å². The summed E-state index contributed by atoms with van der Waals surface area (Å²) in [7, 11) is 3.32. The van der Waals surface area contributed by atoms with Gasteiger partial charge in [-0.3, -0.25) is 4.79 Å². The molecule has 25 heavy (non-hydrogen) atoms. The highest BCUT2D eigenvalue weighted by Gasteiger charge is 2.43. The fourth-order valence-corrected chi connectivity index (χ4v) is 3.78. The monoisotopic (exact) mass is 340 g/mol. The van der Waals surface area contributed by atoms with Gasteiger partial charge in [-0.15, -0.1) is 0 Å². The lowest BCUT2D eigenvalue weighted by Gasteiger charge is -2.36. The molecule has 0 aliphatic carbocycles. The van der Waals surface area contributed by atoms with Crippen molar-refractivity contribution in [2.45, 2.75) is 25.9 Å². The summed E-state index contributed by atoms with van der Waals surface area (Å²) in [5.41, 5.74) is 2.32. The highest BCUT2D eigenvalue weighted by Crippen LogP contribution is 2.33. The molecular formula is C21H26NO3+. The van der Waals surface area contributed by atoms with Crippen LogP contribution < -0.4 is 14.8 Å². The average Bonchev–Trinajstić information content (AvgIpc) is 2.67. The zero-order chi connectivity index (χ0) is 18.0. The molecule has 0 radical (unpaired) electrons. The van der Waals surface area contributed by atoms with Crippen LogP contribution in [-0.4, -0.2) is 20.0 Å². The summed E-state index contributed by atoms with van der Waals surface area (Å²) >= 11 is 0. The van der Waals surface area contributed by atoms with Crippen LogP contribution in [0.4, 0.5) is 0 Å². The van der Waals surface area contributed by atoms with Crippen molar-refractivity contribution >= 4 is 5.78 Å². The van der Waals surface area contributed by atoms with Gasteiger partial charge in [0.05, 0.1) is 26.1 Å². The minimum absolute atomic E-state index is 0.0158. The number of rotatable bonds is 4. The van der Waals surface area contributed by atoms with E-state index in [0.29, 0.717) is 5.78 Å². The molecule has 0 saturated carbocycles. The molecule has 0 spiro atoms. The number of methoxy groups -OCH3 is 2. The largest absolute Gasteiger partial charge is 0.497 e. The molecule has 1 aliphatic rings. The number of ketones is 1. The predicted molar refractivity (Wildman–Crippen MR) is 96.7 cm³/mol. The van der Waals surface area contributed by atoms with E-state index in [0.717, 1.165) is 22.6 Å². The second-order valence-corrected chi connectivity index (χ2v) is 6.77. The van der Waals surface area contributed by atoms with Crippen LogP contribution in [0.15, 0.2) is 48.5 Å². The molecule has 2 N–H and O–H groups in total. The number of nitrogens with two attached hydrogens (primary N) is 1. The standard InChI is InChI=1S/C21H25NO3/c1-13-19(15-5-9-17(24-3)10-6-15)22-20(14(2)21(13)23)16-7-11-18(25-4)12-8-16/h5-14,19-20,22H,1-4H3/p+1/t13-,14-,19-,20-/m0/s1. The van der Waals surface area contributed by atoms with E-state index in [-0.39, 0.29) is 23.9 Å². The third kappa shape index (κ3) is 3.40. The number of Topliss-reactive ketones (excluding diaryl/α,β-unsaturated/α-hetero) is 1. The Labute approximate surface area is 149 Å². The lowest BCUT2D eigenvalue weighted by atomic mass is 9.76. The third-order valence-electron chi connectivity index (χ3n) is 5.39. The molecule has 0 unspecified atom stereocenters. The SMILES string of the molecule is COc1ccc([C@H]2[NH2+][C@H](c3ccc(OC)cc3)[C@H](C)C(=O)[C@H]2C)cc1. The van der Waals surface area contributed by atoms with E-state index in [1.54, 1.807) is 14.2 Å². The van der Waals surface area contributed by atoms with Crippen LogP contribution in [0.2, 0.25) is 0 Å². The summed E-state index contributed by atoms with van der Waals surface area (Å²) in [6.07, 6.45) is 0. The Morgan fingerprint density at radius 3 is 1.40 bits per heavy atom. The normalized spacial score (nSPS) is 26.3. The topological polar surface area (TPSA) is 52.1 Å². The van der Waals surface area contributed by atoms with Crippen molar-refractivity contribution in [3.63, 3.8) is 0 Å². The van der Waals surface area contributed by atoms with E-state index in [4.69, 9.17) is 9.47 Å². The van der Waals surface area contributed by atoms with E-state index >= 15 is 0 Å². The van der Waals surface area contributed by atoms with Gasteiger partial charge in [-0.05, 0) is 62.4 Å². The summed E-state index contributed by atoms with van der Waals surface area (Å²) in [6, 6.07) is 16.3. The molecule has 1 fully saturated rings. The Morgan fingerprint density at radius 2 is 1.08 bits per heavy atom. The van der Waals surface area contributed by atoms with Gasteiger partial charge in [0.1, 0.15) is 23.6 Å². The Kier molecular flexibility index (Phi) is 5.09. The van der Waals surface area contributed by atoms with Crippen LogP contribution in [0, 0.1) is 11.8 Å². The first-order valence-electron chi connectivity index (χ1n) is 8.71. The molecule has 1 heterocycles. The highest BCUT2D eigenvalue weighted by atomic mass is 16.5. The molecule has 4 atom stereocenters. The van der Waals surface area contributed by atoms with Gasteiger partial charge in [0.25, 0.3) is 0 Å². The zero-order valence-corrected chi connectivity index (χ0v) is 15.2. The molecule has 0 aromatic heterocycles. The van der Waals surface area contributed by atoms with Gasteiger partial charge < -0.3 is 14.8 Å². The molecule has 0 amide bonds. The van der Waals surface area contributed by atoms with Gasteiger partial charge in [-0.1, -0.05) is 0 Å². The molecule has 0 bridgehead atoms. The smallest absolute Gasteiger partial charge is 0.151 e. The number of ether oxygens (including phenoxy) is 2. The second-order valence-electron chi connectivity index (χ2n) is 6.77. The molecule has 3 rings (SSSR count). The quantitative estimate of drug-likeness (QED) is 0.931. The summed E-state index contributed by atoms with van der Waals surface area (Å²) in [4.78, 5) is 12.9. The fourth-order valence-electron chi connectivity index (χ4n) is 3.78. The molecular weight excluding hydrogens is 314 g/mol. The van der Waals surface area contributed by atoms with Gasteiger partial charge in [-0.2, -0.15) is 0 Å². The number of carbonyl (C=O) groups excluding carboxylic acids is 1. The van der Waals surface area contributed by atoms with Crippen LogP contribution in [-0.2, 0) is 4.79 Å². The van der Waals surface area contributed by atoms with Crippen LogP contribution >= 0.6 is 0 Å². The number of quaternary nitrogens is 1. The first-order valence-corrected chi connectivity index (χ1v) is 8.71. The maximum Gasteiger partial charge on any atom is 0.151 e. The van der Waals surface area contributed by atoms with Crippen molar-refractivity contribution in [1.82, 2.24) is 0 Å². The highest BCUT2D eigenvalue weighted by molar-refractivity contribution is 5.84. The van der Waals surface area contributed by atoms with E-state index in [2.05, 4.69) is 29.6 Å². The van der Waals surface area contributed by atoms with E-state index in [1.807, 2.05) is 38.1 Å². The number of hydrogen-bond donors (Lipinski definition) is 1. The van der Waals surface area contributed by atoms with Crippen LogP contribution in [0.5, 0.6) is 11.5 Å². The lowest BCUT2D eigenvalue weighted by molar-refractivity contribution is -0.748. The minimum Gasteiger partial charge on any atom is -0.497 e. The van der Waals surface area contributed by atoms with Crippen molar-refractivity contribution in [2.24, 2.45) is 11.8 Å². The molecule has 2 aromatic carbocycles. The van der Waals surface area contributed by atoms with Gasteiger partial charge in [0.2, 0.25) is 0 Å². The number of piperidine rings is 1. The zero-order valence-electron chi connectivity index (χ0n) is 15.2. The molecule has 1 aliphatic heterocycles. The Bertz CT molecular complexity index is 662. The van der Waals surface area contributed by atoms with Crippen LogP contribution in [0.25, 0.3) is 0 Å². The maximum atomic E-state index is 12.9. The Morgan fingerprint density at radius 1 is 0.720 bits per heavy atom. The van der Waals surface area contributed by atoms with Crippen molar-refractivity contribution in [3.05, 3.63) is 59.7 Å². The van der Waals surface area contributed by atoms with Crippen molar-refractivity contribution < 1.29 is 19.6 Å². The van der Waals surface area contributed by atoms with Crippen molar-refractivity contribution in [3.8, 4) is 11.5 Å². The lowest BCUT2D eigenvalue weighted by Crippen LogP contribution is -2.91. The molecule has 1 saturated heterocycles. The first-order chi connectivity index (χ1) is 12.0. The number of carbonyl (C=O) groups is 1. The fraction of sp³-hybridized carbons (Fsp3) is 0.381. The third-order valence-corrected chi connectivity index (χ3v) is 5.39. The number of hydrogen-bond acceptors (Lipinski definition) is 3. The Hall–Kier alpha value is -2.33. The van der Waals surface area contributed by atoms with Gasteiger partial charge >= 0.3 is 0 Å². The summed E-state index contributed by atoms with van der Waals surface area (Å²) in [5.74, 6) is 1.96. The van der Waals surface area contributed by atoms with Gasteiger partial charge in [0.15, 0.2) is 5.78 Å². The molecule has 132 valence electrons. The van der Waals surface area contributed by atoms with E-state index in [9.17, 15) is 4.79 Å². The second kappa shape index (κ2) is 7.28. The van der Waals surface area contributed by atoms with Crippen molar-refractivity contribution in [2.75, 3.05) is 14.2 Å². The van der Waals surface area contributed by atoms with Crippen LogP contribution in [0.1, 0.15) is 37.1 Å². The Balaban J connectivity index is 1.89. The summed E-state index contributed by atoms with van der Waals surface area (Å²) in [5, 5.41) is 2.33. The van der Waals surface area contributed by atoms with E-state index in [1.165, 1.54) is 0 Å². The summed E-state index contributed by atoms with van der Waals surface area (Å²) in [6.45, 7) is 4.07. The van der Waals surface area contributed by atoms with Crippen LogP contribution in [0.3, 0.4) is 0 Å².